The van der Waals surface area contributed by atoms with E-state index in [0.717, 1.165) is 35.3 Å². The van der Waals surface area contributed by atoms with Crippen LogP contribution in [0.15, 0.2) is 65.1 Å². The van der Waals surface area contributed by atoms with Crippen LogP contribution in [0.3, 0.4) is 0 Å². The summed E-state index contributed by atoms with van der Waals surface area (Å²) in [4.78, 5) is 26.7. The number of likely N-dealkylation sites (tertiary alicyclic amines) is 1. The number of ketones is 1. The smallest absolute Gasteiger partial charge is 0.328 e. The lowest BCUT2D eigenvalue weighted by Crippen LogP contribution is -2.43. The molecule has 2 aromatic rings. The first-order valence-corrected chi connectivity index (χ1v) is 14.0. The second kappa shape index (κ2) is 10.0. The Morgan fingerprint density at radius 3 is 2.41 bits per heavy atom. The molecule has 2 aromatic carbocycles. The Balaban J connectivity index is 1.61. The minimum atomic E-state index is -3.72. The molecular formula is C25H26FNO5S2. The summed E-state index contributed by atoms with van der Waals surface area (Å²) < 4.78 is 40.7. The minimum absolute atomic E-state index is 0.0712. The van der Waals surface area contributed by atoms with Gasteiger partial charge in [0.05, 0.1) is 10.9 Å². The van der Waals surface area contributed by atoms with E-state index in [1.807, 2.05) is 6.92 Å². The highest BCUT2D eigenvalue weighted by Gasteiger charge is 2.42. The van der Waals surface area contributed by atoms with E-state index < -0.39 is 31.9 Å². The Labute approximate surface area is 202 Å². The van der Waals surface area contributed by atoms with Gasteiger partial charge in [0.1, 0.15) is 5.82 Å². The number of carboxylic acid groups (broad SMARTS) is 1. The average Bonchev–Trinajstić information content (AvgIpc) is 3.62. The zero-order valence-electron chi connectivity index (χ0n) is 18.7. The fourth-order valence-electron chi connectivity index (χ4n) is 4.24. The van der Waals surface area contributed by atoms with E-state index in [2.05, 4.69) is 0 Å². The molecule has 0 radical (unpaired) electrons. The standard InChI is InChI=1S/C25H26FNO5S2/c1-16-6-10-19(11-7-16)34(31,32)33-22-12-13-27(15-18(22)14-23(28)29)24(25(30)17-8-9-17)20-4-2-3-5-21(20)26/h2-7,10-11,14,17,22,24H,8-9,12-13,15H2,1H3,(H,28,29). The minimum Gasteiger partial charge on any atom is -0.478 e. The van der Waals surface area contributed by atoms with Crippen LogP contribution < -0.4 is 0 Å². The van der Waals surface area contributed by atoms with Crippen LogP contribution in [0, 0.1) is 18.7 Å². The number of aliphatic carboxylic acids is 1. The van der Waals surface area contributed by atoms with E-state index in [1.165, 1.54) is 18.2 Å². The molecule has 1 saturated carbocycles. The van der Waals surface area contributed by atoms with Gasteiger partial charge in [-0.2, -0.15) is 0 Å². The third kappa shape index (κ3) is 5.59. The quantitative estimate of drug-likeness (QED) is 0.423. The molecule has 1 aliphatic heterocycles. The summed E-state index contributed by atoms with van der Waals surface area (Å²) in [7, 11) is -3.00. The second-order valence-electron chi connectivity index (χ2n) is 8.77. The molecule has 1 heterocycles. The molecule has 1 aliphatic carbocycles. The number of carbonyl (C=O) groups is 2. The molecule has 0 spiro atoms. The topological polar surface area (TPSA) is 91.8 Å². The van der Waals surface area contributed by atoms with Crippen molar-refractivity contribution in [2.45, 2.75) is 42.4 Å². The van der Waals surface area contributed by atoms with E-state index in [1.54, 1.807) is 35.2 Å². The van der Waals surface area contributed by atoms with Crippen LogP contribution in [0.1, 0.15) is 36.4 Å². The first kappa shape index (κ1) is 24.6. The van der Waals surface area contributed by atoms with Crippen LogP contribution in [0.2, 0.25) is 0 Å². The number of Topliss-reactive ketones (excluding diaryl/α,β-unsaturated/α-hetero) is 1. The van der Waals surface area contributed by atoms with Gasteiger partial charge in [-0.05, 0) is 60.8 Å². The van der Waals surface area contributed by atoms with Crippen molar-refractivity contribution in [3.05, 3.63) is 77.1 Å². The third-order valence-electron chi connectivity index (χ3n) is 6.15. The third-order valence-corrected chi connectivity index (χ3v) is 10.1. The Kier molecular flexibility index (Phi) is 7.25. The van der Waals surface area contributed by atoms with Gasteiger partial charge in [-0.3, -0.25) is 9.69 Å². The van der Waals surface area contributed by atoms with E-state index in [9.17, 15) is 27.5 Å². The van der Waals surface area contributed by atoms with Crippen LogP contribution in [-0.2, 0) is 18.5 Å². The lowest BCUT2D eigenvalue weighted by Gasteiger charge is -2.38. The Bertz CT molecular complexity index is 1220. The van der Waals surface area contributed by atoms with Gasteiger partial charge in [-0.25, -0.2) is 17.6 Å². The summed E-state index contributed by atoms with van der Waals surface area (Å²) in [5.74, 6) is -1.86. The van der Waals surface area contributed by atoms with Crippen molar-refractivity contribution >= 4 is 31.4 Å². The fraction of sp³-hybridized carbons (Fsp3) is 0.360. The molecule has 34 heavy (non-hydrogen) atoms. The van der Waals surface area contributed by atoms with Crippen molar-refractivity contribution < 1.29 is 27.5 Å². The van der Waals surface area contributed by atoms with Gasteiger partial charge in [0, 0.05) is 35.9 Å². The molecule has 0 amide bonds. The monoisotopic (exact) mass is 503 g/mol. The maximum atomic E-state index is 14.7. The van der Waals surface area contributed by atoms with Gasteiger partial charge in [0.25, 0.3) is 0 Å². The average molecular weight is 504 g/mol. The van der Waals surface area contributed by atoms with Crippen molar-refractivity contribution in [3.8, 4) is 0 Å². The summed E-state index contributed by atoms with van der Waals surface area (Å²) in [5, 5.41) is 8.86. The van der Waals surface area contributed by atoms with E-state index in [-0.39, 0.29) is 28.7 Å². The van der Waals surface area contributed by atoms with E-state index >= 15 is 0 Å². The predicted octanol–water partition coefficient (Wildman–Crippen LogP) is 4.36. The normalized spacial score (nSPS) is 21.4. The lowest BCUT2D eigenvalue weighted by molar-refractivity contribution is -0.131. The fourth-order valence-corrected chi connectivity index (χ4v) is 7.84. The highest BCUT2D eigenvalue weighted by Crippen LogP contribution is 2.41. The SMILES string of the molecule is Cc1ccc(S(=O)(=O)SC2CCN(C(C(=O)C3CC3)c3ccccc3F)CC2=CC(=O)O)cc1. The molecule has 2 unspecified atom stereocenters. The molecule has 6 nitrogen and oxygen atoms in total. The van der Waals surface area contributed by atoms with Gasteiger partial charge in [-0.15, -0.1) is 0 Å². The number of halogens is 1. The van der Waals surface area contributed by atoms with Gasteiger partial charge in [0.15, 0.2) is 5.78 Å². The van der Waals surface area contributed by atoms with Crippen LogP contribution >= 0.6 is 10.8 Å². The Morgan fingerprint density at radius 1 is 1.12 bits per heavy atom. The van der Waals surface area contributed by atoms with E-state index in [0.29, 0.717) is 18.5 Å². The maximum Gasteiger partial charge on any atom is 0.328 e. The summed E-state index contributed by atoms with van der Waals surface area (Å²) >= 11 is 0. The predicted molar refractivity (Wildman–Crippen MR) is 129 cm³/mol. The van der Waals surface area contributed by atoms with Gasteiger partial charge in [0.2, 0.25) is 8.87 Å². The maximum absolute atomic E-state index is 14.7. The summed E-state index contributed by atoms with van der Waals surface area (Å²) in [6.07, 6.45) is 2.87. The zero-order valence-corrected chi connectivity index (χ0v) is 20.3. The van der Waals surface area contributed by atoms with E-state index in [4.69, 9.17) is 0 Å². The zero-order chi connectivity index (χ0) is 24.5. The molecule has 2 atom stereocenters. The number of hydrogen-bond acceptors (Lipinski definition) is 6. The Morgan fingerprint density at radius 2 is 1.79 bits per heavy atom. The van der Waals surface area contributed by atoms with Crippen molar-refractivity contribution in [3.63, 3.8) is 0 Å². The van der Waals surface area contributed by atoms with Crippen LogP contribution in [0.25, 0.3) is 0 Å². The molecule has 2 fully saturated rings. The number of hydrogen-bond donors (Lipinski definition) is 1. The van der Waals surface area contributed by atoms with Crippen molar-refractivity contribution in [2.75, 3.05) is 13.1 Å². The van der Waals surface area contributed by atoms with Crippen molar-refractivity contribution in [1.29, 1.82) is 0 Å². The molecule has 2 aliphatic rings. The summed E-state index contributed by atoms with van der Waals surface area (Å²) in [6, 6.07) is 11.8. The molecule has 0 aromatic heterocycles. The lowest BCUT2D eigenvalue weighted by atomic mass is 9.93. The van der Waals surface area contributed by atoms with Gasteiger partial charge in [-0.1, -0.05) is 35.9 Å². The molecular weight excluding hydrogens is 477 g/mol. The highest BCUT2D eigenvalue weighted by molar-refractivity contribution is 8.72. The number of rotatable bonds is 8. The molecule has 0 bridgehead atoms. The summed E-state index contributed by atoms with van der Waals surface area (Å²) in [6.45, 7) is 2.28. The van der Waals surface area contributed by atoms with Crippen molar-refractivity contribution in [2.24, 2.45) is 5.92 Å². The Hall–Kier alpha value is -2.49. The second-order valence-corrected chi connectivity index (χ2v) is 12.8. The van der Waals surface area contributed by atoms with Crippen LogP contribution in [-0.4, -0.2) is 48.5 Å². The molecule has 1 N–H and O–H groups in total. The van der Waals surface area contributed by atoms with Gasteiger partial charge < -0.3 is 5.11 Å². The largest absolute Gasteiger partial charge is 0.478 e. The molecule has 1 saturated heterocycles. The number of piperidine rings is 1. The van der Waals surface area contributed by atoms with Gasteiger partial charge >= 0.3 is 5.97 Å². The van der Waals surface area contributed by atoms with Crippen molar-refractivity contribution in [1.82, 2.24) is 4.90 Å². The van der Waals surface area contributed by atoms with Crippen LogP contribution in [0.5, 0.6) is 0 Å². The summed E-state index contributed by atoms with van der Waals surface area (Å²) in [5.41, 5.74) is 1.60. The number of carbonyl (C=O) groups excluding carboxylic acids is 1. The number of benzene rings is 2. The number of carboxylic acids is 1. The first-order valence-electron chi connectivity index (χ1n) is 11.1. The number of nitrogens with zero attached hydrogens (tertiary/aromatic N) is 1. The number of aryl methyl sites for hydroxylation is 1. The first-order chi connectivity index (χ1) is 16.2. The molecule has 4 rings (SSSR count). The molecule has 9 heteroatoms. The highest BCUT2D eigenvalue weighted by atomic mass is 33.1. The molecule has 180 valence electrons. The van der Waals surface area contributed by atoms with Crippen LogP contribution in [0.4, 0.5) is 4.39 Å².